The standard InChI is InChI=1S/C13H17N5O4S/c1-5-23(20,21)16-9-6-7-10(14-8(9)2)11-12(13(19)22-4)18(3)17-15-11/h6-7,16H,5H2,1-4H3. The van der Waals surface area contributed by atoms with Crippen molar-refractivity contribution < 1.29 is 17.9 Å². The molecule has 0 aliphatic rings. The monoisotopic (exact) mass is 339 g/mol. The van der Waals surface area contributed by atoms with E-state index in [0.29, 0.717) is 17.1 Å². The summed E-state index contributed by atoms with van der Waals surface area (Å²) in [7, 11) is -0.557. The van der Waals surface area contributed by atoms with Gasteiger partial charge in [-0.05, 0) is 26.0 Å². The molecular formula is C13H17N5O4S. The van der Waals surface area contributed by atoms with Crippen molar-refractivity contribution in [2.24, 2.45) is 7.05 Å². The van der Waals surface area contributed by atoms with Gasteiger partial charge in [-0.3, -0.25) is 4.72 Å². The quantitative estimate of drug-likeness (QED) is 0.798. The van der Waals surface area contributed by atoms with Gasteiger partial charge in [-0.25, -0.2) is 22.9 Å². The highest BCUT2D eigenvalue weighted by molar-refractivity contribution is 7.92. The van der Waals surface area contributed by atoms with E-state index >= 15 is 0 Å². The zero-order chi connectivity index (χ0) is 17.2. The number of esters is 1. The zero-order valence-corrected chi connectivity index (χ0v) is 14.0. The molecule has 0 aliphatic heterocycles. The minimum atomic E-state index is -3.39. The fourth-order valence-corrected chi connectivity index (χ4v) is 2.59. The fourth-order valence-electron chi connectivity index (χ4n) is 1.90. The van der Waals surface area contributed by atoms with Crippen LogP contribution in [-0.2, 0) is 21.8 Å². The third-order valence-corrected chi connectivity index (χ3v) is 4.47. The van der Waals surface area contributed by atoms with Crippen molar-refractivity contribution in [2.75, 3.05) is 17.6 Å². The molecule has 2 rings (SSSR count). The number of hydrogen-bond donors (Lipinski definition) is 1. The van der Waals surface area contributed by atoms with Crippen LogP contribution < -0.4 is 4.72 Å². The summed E-state index contributed by atoms with van der Waals surface area (Å²) in [5, 5.41) is 7.73. The van der Waals surface area contributed by atoms with E-state index in [1.165, 1.54) is 11.8 Å². The van der Waals surface area contributed by atoms with Crippen LogP contribution in [0, 0.1) is 6.92 Å². The number of hydrogen-bond acceptors (Lipinski definition) is 7. The van der Waals surface area contributed by atoms with Crippen molar-refractivity contribution in [1.82, 2.24) is 20.0 Å². The molecule has 0 amide bonds. The van der Waals surface area contributed by atoms with Crippen LogP contribution in [0.25, 0.3) is 11.4 Å². The first kappa shape index (κ1) is 16.9. The van der Waals surface area contributed by atoms with Crippen molar-refractivity contribution in [1.29, 1.82) is 0 Å². The molecule has 0 unspecified atom stereocenters. The van der Waals surface area contributed by atoms with Crippen LogP contribution in [-0.4, -0.2) is 47.2 Å². The van der Waals surface area contributed by atoms with E-state index in [0.717, 1.165) is 0 Å². The number of nitrogens with zero attached hydrogens (tertiary/aromatic N) is 4. The van der Waals surface area contributed by atoms with Gasteiger partial charge < -0.3 is 4.74 Å². The summed E-state index contributed by atoms with van der Waals surface area (Å²) in [5.74, 6) is -0.618. The first-order valence-electron chi connectivity index (χ1n) is 6.75. The van der Waals surface area contributed by atoms with Gasteiger partial charge in [0.25, 0.3) is 0 Å². The molecular weight excluding hydrogens is 322 g/mol. The van der Waals surface area contributed by atoms with E-state index in [4.69, 9.17) is 4.74 Å². The molecule has 23 heavy (non-hydrogen) atoms. The molecule has 0 atom stereocenters. The molecule has 2 heterocycles. The third kappa shape index (κ3) is 3.47. The van der Waals surface area contributed by atoms with Crippen molar-refractivity contribution >= 4 is 21.7 Å². The Morgan fingerprint density at radius 1 is 1.39 bits per heavy atom. The molecule has 0 saturated carbocycles. The predicted octanol–water partition coefficient (Wildman–Crippen LogP) is 0.734. The average Bonchev–Trinajstić information content (AvgIpc) is 2.90. The van der Waals surface area contributed by atoms with Crippen LogP contribution in [0.4, 0.5) is 5.69 Å². The number of ether oxygens (including phenoxy) is 1. The first-order chi connectivity index (χ1) is 10.8. The van der Waals surface area contributed by atoms with Crippen LogP contribution in [0.2, 0.25) is 0 Å². The fraction of sp³-hybridized carbons (Fsp3) is 0.385. The van der Waals surface area contributed by atoms with E-state index < -0.39 is 16.0 Å². The maximum atomic E-state index is 11.8. The Morgan fingerprint density at radius 2 is 2.09 bits per heavy atom. The molecule has 0 spiro atoms. The van der Waals surface area contributed by atoms with Gasteiger partial charge in [0.15, 0.2) is 5.69 Å². The topological polar surface area (TPSA) is 116 Å². The second kappa shape index (κ2) is 6.32. The molecule has 0 bridgehead atoms. The number of nitrogens with one attached hydrogen (secondary N) is 1. The summed E-state index contributed by atoms with van der Waals surface area (Å²) >= 11 is 0. The van der Waals surface area contributed by atoms with E-state index in [9.17, 15) is 13.2 Å². The smallest absolute Gasteiger partial charge is 0.358 e. The Morgan fingerprint density at radius 3 is 2.65 bits per heavy atom. The van der Waals surface area contributed by atoms with Gasteiger partial charge in [-0.1, -0.05) is 5.21 Å². The number of anilines is 1. The molecule has 0 aromatic carbocycles. The number of rotatable bonds is 5. The zero-order valence-electron chi connectivity index (χ0n) is 13.2. The molecule has 0 radical (unpaired) electrons. The minimum absolute atomic E-state index is 0.0369. The molecule has 124 valence electrons. The normalized spacial score (nSPS) is 11.3. The van der Waals surface area contributed by atoms with Gasteiger partial charge in [0, 0.05) is 7.05 Å². The van der Waals surface area contributed by atoms with Gasteiger partial charge in [-0.2, -0.15) is 0 Å². The van der Waals surface area contributed by atoms with Gasteiger partial charge in [0.2, 0.25) is 10.0 Å². The number of carbonyl (C=O) groups is 1. The van der Waals surface area contributed by atoms with Gasteiger partial charge in [-0.15, -0.1) is 5.10 Å². The van der Waals surface area contributed by atoms with Gasteiger partial charge in [0.05, 0.1) is 29.9 Å². The molecule has 1 N–H and O–H groups in total. The first-order valence-corrected chi connectivity index (χ1v) is 8.40. The lowest BCUT2D eigenvalue weighted by atomic mass is 10.2. The molecule has 2 aromatic rings. The number of sulfonamides is 1. The highest BCUT2D eigenvalue weighted by atomic mass is 32.2. The maximum Gasteiger partial charge on any atom is 0.358 e. The van der Waals surface area contributed by atoms with E-state index in [2.05, 4.69) is 20.0 Å². The number of methoxy groups -OCH3 is 1. The average molecular weight is 339 g/mol. The molecule has 9 nitrogen and oxygen atoms in total. The predicted molar refractivity (Wildman–Crippen MR) is 83.4 cm³/mol. The highest BCUT2D eigenvalue weighted by Crippen LogP contribution is 2.23. The van der Waals surface area contributed by atoms with Crippen molar-refractivity contribution in [2.45, 2.75) is 13.8 Å². The lowest BCUT2D eigenvalue weighted by molar-refractivity contribution is 0.0589. The molecule has 0 fully saturated rings. The Balaban J connectivity index is 2.44. The molecule has 10 heteroatoms. The summed E-state index contributed by atoms with van der Waals surface area (Å²) < 4.78 is 31.7. The Labute approximate surface area is 133 Å². The summed E-state index contributed by atoms with van der Waals surface area (Å²) in [6, 6.07) is 3.14. The molecule has 2 aromatic heterocycles. The number of aryl methyl sites for hydroxylation is 2. The van der Waals surface area contributed by atoms with E-state index in [-0.39, 0.29) is 17.1 Å². The molecule has 0 saturated heterocycles. The maximum absolute atomic E-state index is 11.8. The summed E-state index contributed by atoms with van der Waals surface area (Å²) in [4.78, 5) is 16.1. The Kier molecular flexibility index (Phi) is 4.64. The van der Waals surface area contributed by atoms with Gasteiger partial charge in [0.1, 0.15) is 5.69 Å². The number of pyridine rings is 1. The lowest BCUT2D eigenvalue weighted by Crippen LogP contribution is -2.16. The van der Waals surface area contributed by atoms with Gasteiger partial charge >= 0.3 is 5.97 Å². The largest absolute Gasteiger partial charge is 0.464 e. The number of carbonyl (C=O) groups excluding carboxylic acids is 1. The van der Waals surface area contributed by atoms with Crippen LogP contribution in [0.1, 0.15) is 23.1 Å². The second-order valence-corrected chi connectivity index (χ2v) is 6.75. The SMILES string of the molecule is CCS(=O)(=O)Nc1ccc(-c2nnn(C)c2C(=O)OC)nc1C. The van der Waals surface area contributed by atoms with Crippen LogP contribution in [0.5, 0.6) is 0 Å². The van der Waals surface area contributed by atoms with Crippen molar-refractivity contribution in [3.63, 3.8) is 0 Å². The van der Waals surface area contributed by atoms with Crippen LogP contribution in [0.15, 0.2) is 12.1 Å². The number of aromatic nitrogens is 4. The summed E-state index contributed by atoms with van der Waals surface area (Å²) in [6.07, 6.45) is 0. The van der Waals surface area contributed by atoms with Crippen molar-refractivity contribution in [3.05, 3.63) is 23.5 Å². The minimum Gasteiger partial charge on any atom is -0.464 e. The van der Waals surface area contributed by atoms with E-state index in [1.807, 2.05) is 0 Å². The molecule has 0 aliphatic carbocycles. The Bertz CT molecular complexity index is 844. The van der Waals surface area contributed by atoms with E-state index in [1.54, 1.807) is 33.0 Å². The summed E-state index contributed by atoms with van der Waals surface area (Å²) in [5.41, 5.74) is 1.67. The second-order valence-electron chi connectivity index (χ2n) is 4.74. The van der Waals surface area contributed by atoms with Crippen LogP contribution >= 0.6 is 0 Å². The van der Waals surface area contributed by atoms with Crippen LogP contribution in [0.3, 0.4) is 0 Å². The summed E-state index contributed by atoms with van der Waals surface area (Å²) in [6.45, 7) is 3.20. The van der Waals surface area contributed by atoms with Crippen molar-refractivity contribution in [3.8, 4) is 11.4 Å². The third-order valence-electron chi connectivity index (χ3n) is 3.18. The Hall–Kier alpha value is -2.49. The lowest BCUT2D eigenvalue weighted by Gasteiger charge is -2.09. The highest BCUT2D eigenvalue weighted by Gasteiger charge is 2.22.